The van der Waals surface area contributed by atoms with E-state index >= 15 is 0 Å². The molecule has 0 saturated carbocycles. The van der Waals surface area contributed by atoms with Crippen molar-refractivity contribution in [2.24, 2.45) is 5.92 Å². The van der Waals surface area contributed by atoms with Gasteiger partial charge in [-0.05, 0) is 71.1 Å². The summed E-state index contributed by atoms with van der Waals surface area (Å²) in [6, 6.07) is 0. The van der Waals surface area contributed by atoms with Crippen molar-refractivity contribution in [3.8, 4) is 0 Å². The van der Waals surface area contributed by atoms with Gasteiger partial charge in [0.2, 0.25) is 0 Å². The molecule has 0 radical (unpaired) electrons. The SMILES string of the molecule is CCCCCCCCC=CCCCCCCCC(=O)OCC[C@@H](C)CCC=C(C)C. The Morgan fingerprint density at radius 3 is 1.93 bits per heavy atom. The van der Waals surface area contributed by atoms with E-state index in [1.165, 1.54) is 82.6 Å². The minimum Gasteiger partial charge on any atom is -0.466 e. The summed E-state index contributed by atoms with van der Waals surface area (Å²) in [4.78, 5) is 11.8. The maximum absolute atomic E-state index is 11.8. The summed E-state index contributed by atoms with van der Waals surface area (Å²) < 4.78 is 5.40. The topological polar surface area (TPSA) is 26.3 Å². The molecular weight excluding hydrogens is 368 g/mol. The Morgan fingerprint density at radius 1 is 0.767 bits per heavy atom. The quantitative estimate of drug-likeness (QED) is 0.105. The number of hydrogen-bond donors (Lipinski definition) is 0. The fourth-order valence-electron chi connectivity index (χ4n) is 3.59. The van der Waals surface area contributed by atoms with Crippen molar-refractivity contribution < 1.29 is 9.53 Å². The molecule has 0 fully saturated rings. The van der Waals surface area contributed by atoms with Crippen LogP contribution < -0.4 is 0 Å². The standard InChI is InChI=1S/C28H52O2/c1-5-6-7-8-9-10-11-12-13-14-15-16-17-18-19-23-28(29)30-25-24-27(4)22-20-21-26(2)3/h12-13,21,27H,5-11,14-20,22-25H2,1-4H3/t27-/m0/s1. The van der Waals surface area contributed by atoms with Crippen molar-refractivity contribution in [2.75, 3.05) is 6.61 Å². The van der Waals surface area contributed by atoms with Crippen molar-refractivity contribution >= 4 is 5.97 Å². The van der Waals surface area contributed by atoms with Gasteiger partial charge in [0.25, 0.3) is 0 Å². The Morgan fingerprint density at radius 2 is 1.33 bits per heavy atom. The molecule has 0 heterocycles. The highest BCUT2D eigenvalue weighted by Crippen LogP contribution is 2.13. The average Bonchev–Trinajstić information content (AvgIpc) is 2.70. The van der Waals surface area contributed by atoms with Gasteiger partial charge in [-0.3, -0.25) is 4.79 Å². The molecule has 1 atom stereocenters. The molecule has 0 aliphatic carbocycles. The molecule has 2 heteroatoms. The summed E-state index contributed by atoms with van der Waals surface area (Å²) in [5.41, 5.74) is 1.38. The van der Waals surface area contributed by atoms with E-state index in [9.17, 15) is 4.79 Å². The second-order valence-electron chi connectivity index (χ2n) is 9.31. The van der Waals surface area contributed by atoms with Crippen LogP contribution in [-0.2, 0) is 9.53 Å². The highest BCUT2D eigenvalue weighted by molar-refractivity contribution is 5.69. The van der Waals surface area contributed by atoms with E-state index < -0.39 is 0 Å². The van der Waals surface area contributed by atoms with Gasteiger partial charge in [-0.15, -0.1) is 0 Å². The van der Waals surface area contributed by atoms with E-state index in [2.05, 4.69) is 45.9 Å². The van der Waals surface area contributed by atoms with Crippen LogP contribution >= 0.6 is 0 Å². The van der Waals surface area contributed by atoms with Crippen LogP contribution in [0.3, 0.4) is 0 Å². The lowest BCUT2D eigenvalue weighted by Crippen LogP contribution is -2.08. The van der Waals surface area contributed by atoms with Gasteiger partial charge in [0, 0.05) is 6.42 Å². The van der Waals surface area contributed by atoms with Crippen LogP contribution in [-0.4, -0.2) is 12.6 Å². The predicted molar refractivity (Wildman–Crippen MR) is 133 cm³/mol. The Balaban J connectivity index is 3.35. The number of esters is 1. The number of carbonyl (C=O) groups excluding carboxylic acids is 1. The molecule has 0 aromatic rings. The van der Waals surface area contributed by atoms with Crippen LogP contribution in [0.15, 0.2) is 23.8 Å². The van der Waals surface area contributed by atoms with E-state index in [4.69, 9.17) is 4.74 Å². The first-order valence-electron chi connectivity index (χ1n) is 13.0. The third kappa shape index (κ3) is 23.2. The number of carbonyl (C=O) groups is 1. The zero-order valence-corrected chi connectivity index (χ0v) is 20.9. The number of rotatable bonds is 21. The van der Waals surface area contributed by atoms with Gasteiger partial charge in [0.1, 0.15) is 0 Å². The largest absolute Gasteiger partial charge is 0.466 e. The lowest BCUT2D eigenvalue weighted by Gasteiger charge is -2.10. The van der Waals surface area contributed by atoms with Crippen LogP contribution in [0.25, 0.3) is 0 Å². The van der Waals surface area contributed by atoms with Gasteiger partial charge in [-0.1, -0.05) is 89.0 Å². The van der Waals surface area contributed by atoms with Gasteiger partial charge < -0.3 is 4.74 Å². The van der Waals surface area contributed by atoms with Crippen LogP contribution in [0.1, 0.15) is 137 Å². The maximum Gasteiger partial charge on any atom is 0.305 e. The summed E-state index contributed by atoms with van der Waals surface area (Å²) in [5, 5.41) is 0. The molecule has 2 nitrogen and oxygen atoms in total. The van der Waals surface area contributed by atoms with Gasteiger partial charge in [-0.2, -0.15) is 0 Å². The van der Waals surface area contributed by atoms with Crippen LogP contribution in [0, 0.1) is 5.92 Å². The number of allylic oxidation sites excluding steroid dienone is 4. The summed E-state index contributed by atoms with van der Waals surface area (Å²) in [6.45, 7) is 9.38. The molecule has 0 saturated heterocycles. The second-order valence-corrected chi connectivity index (χ2v) is 9.31. The highest BCUT2D eigenvalue weighted by atomic mass is 16.5. The number of unbranched alkanes of at least 4 members (excludes halogenated alkanes) is 11. The number of hydrogen-bond acceptors (Lipinski definition) is 2. The van der Waals surface area contributed by atoms with E-state index in [-0.39, 0.29) is 5.97 Å². The Labute approximate surface area is 188 Å². The average molecular weight is 421 g/mol. The minimum absolute atomic E-state index is 0.0101. The minimum atomic E-state index is -0.0101. The first-order chi connectivity index (χ1) is 14.6. The third-order valence-electron chi connectivity index (χ3n) is 5.73. The Kier molecular flexibility index (Phi) is 21.8. The second kappa shape index (κ2) is 22.6. The molecule has 0 unspecified atom stereocenters. The zero-order chi connectivity index (χ0) is 22.3. The van der Waals surface area contributed by atoms with Crippen molar-refractivity contribution in [1.82, 2.24) is 0 Å². The summed E-state index contributed by atoms with van der Waals surface area (Å²) in [6.07, 6.45) is 27.6. The molecule has 0 aliphatic rings. The van der Waals surface area contributed by atoms with Crippen molar-refractivity contribution in [3.63, 3.8) is 0 Å². The highest BCUT2D eigenvalue weighted by Gasteiger charge is 2.05. The molecule has 0 spiro atoms. The van der Waals surface area contributed by atoms with E-state index in [1.54, 1.807) is 0 Å². The van der Waals surface area contributed by atoms with Crippen LogP contribution in [0.4, 0.5) is 0 Å². The molecule has 30 heavy (non-hydrogen) atoms. The maximum atomic E-state index is 11.8. The Bertz CT molecular complexity index is 432. The van der Waals surface area contributed by atoms with E-state index in [0.717, 1.165) is 25.7 Å². The molecule has 0 aromatic heterocycles. The van der Waals surface area contributed by atoms with Crippen LogP contribution in [0.5, 0.6) is 0 Å². The van der Waals surface area contributed by atoms with Crippen molar-refractivity contribution in [1.29, 1.82) is 0 Å². The van der Waals surface area contributed by atoms with E-state index in [1.807, 2.05) is 0 Å². The van der Waals surface area contributed by atoms with Crippen molar-refractivity contribution in [3.05, 3.63) is 23.8 Å². The lowest BCUT2D eigenvalue weighted by molar-refractivity contribution is -0.144. The first-order valence-corrected chi connectivity index (χ1v) is 13.0. The molecule has 0 bridgehead atoms. The fraction of sp³-hybridized carbons (Fsp3) is 0.821. The molecule has 0 aromatic carbocycles. The number of ether oxygens (including phenoxy) is 1. The van der Waals surface area contributed by atoms with Gasteiger partial charge in [0.05, 0.1) is 6.61 Å². The lowest BCUT2D eigenvalue weighted by atomic mass is 10.0. The first kappa shape index (κ1) is 28.9. The van der Waals surface area contributed by atoms with Gasteiger partial charge >= 0.3 is 5.97 Å². The smallest absolute Gasteiger partial charge is 0.305 e. The molecule has 0 rings (SSSR count). The molecule has 0 amide bonds. The molecule has 176 valence electrons. The monoisotopic (exact) mass is 420 g/mol. The summed E-state index contributed by atoms with van der Waals surface area (Å²) >= 11 is 0. The van der Waals surface area contributed by atoms with Crippen LogP contribution in [0.2, 0.25) is 0 Å². The molecule has 0 aliphatic heterocycles. The van der Waals surface area contributed by atoms with Gasteiger partial charge in [-0.25, -0.2) is 0 Å². The zero-order valence-electron chi connectivity index (χ0n) is 20.9. The van der Waals surface area contributed by atoms with Gasteiger partial charge in [0.15, 0.2) is 0 Å². The third-order valence-corrected chi connectivity index (χ3v) is 5.73. The van der Waals surface area contributed by atoms with Crippen molar-refractivity contribution in [2.45, 2.75) is 137 Å². The summed E-state index contributed by atoms with van der Waals surface area (Å²) in [7, 11) is 0. The fourth-order valence-corrected chi connectivity index (χ4v) is 3.59. The predicted octanol–water partition coefficient (Wildman–Crippen LogP) is 9.34. The normalized spacial score (nSPS) is 12.3. The Hall–Kier alpha value is -1.05. The van der Waals surface area contributed by atoms with E-state index in [0.29, 0.717) is 18.9 Å². The molecular formula is C28H52O2. The molecule has 0 N–H and O–H groups in total. The summed E-state index contributed by atoms with van der Waals surface area (Å²) in [5.74, 6) is 0.609.